The fraction of sp³-hybridized carbons (Fsp3) is 0.296. The third-order valence-corrected chi connectivity index (χ3v) is 5.12. The second-order valence-corrected chi connectivity index (χ2v) is 7.72. The van der Waals surface area contributed by atoms with Crippen molar-refractivity contribution in [3.05, 3.63) is 78.3 Å². The zero-order valence-electron chi connectivity index (χ0n) is 20.2. The largest absolute Gasteiger partial charge is 0.480 e. The molecule has 0 bridgehead atoms. The van der Waals surface area contributed by atoms with E-state index >= 15 is 0 Å². The normalized spacial score (nSPS) is 13.4. The Morgan fingerprint density at radius 2 is 1.79 bits per heavy atom. The Balaban J connectivity index is 2.23. The van der Waals surface area contributed by atoms with Gasteiger partial charge in [0.1, 0.15) is 5.82 Å². The molecule has 2 rings (SSSR count). The molecule has 0 radical (unpaired) electrons. The first-order valence-corrected chi connectivity index (χ1v) is 11.5. The molecule has 34 heavy (non-hydrogen) atoms. The van der Waals surface area contributed by atoms with Crippen LogP contribution < -0.4 is 16.1 Å². The van der Waals surface area contributed by atoms with Gasteiger partial charge in [-0.25, -0.2) is 0 Å². The number of nitrogens with one attached hydrogen (secondary N) is 3. The van der Waals surface area contributed by atoms with Crippen molar-refractivity contribution in [1.82, 2.24) is 16.1 Å². The summed E-state index contributed by atoms with van der Waals surface area (Å²) in [6.45, 7) is 4.54. The van der Waals surface area contributed by atoms with Crippen LogP contribution in [0, 0.1) is 5.92 Å². The molecule has 1 atom stereocenters. The van der Waals surface area contributed by atoms with E-state index in [-0.39, 0.29) is 12.5 Å². The van der Waals surface area contributed by atoms with Gasteiger partial charge >= 0.3 is 5.97 Å². The van der Waals surface area contributed by atoms with Gasteiger partial charge in [-0.2, -0.15) is 5.10 Å². The number of allylic oxidation sites excluding steroid dienone is 2. The molecular formula is C27H35N5O2. The third-order valence-electron chi connectivity index (χ3n) is 5.12. The molecule has 0 amide bonds. The van der Waals surface area contributed by atoms with Crippen LogP contribution in [-0.2, 0) is 4.79 Å². The van der Waals surface area contributed by atoms with Crippen LogP contribution in [0.15, 0.2) is 82.8 Å². The Morgan fingerprint density at radius 3 is 2.41 bits per heavy atom. The van der Waals surface area contributed by atoms with Crippen molar-refractivity contribution in [3.63, 3.8) is 0 Å². The van der Waals surface area contributed by atoms with Crippen LogP contribution >= 0.6 is 0 Å². The lowest BCUT2D eigenvalue weighted by Crippen LogP contribution is -2.28. The summed E-state index contributed by atoms with van der Waals surface area (Å²) in [5, 5.41) is 19.2. The molecule has 2 aromatic carbocycles. The maximum Gasteiger partial charge on any atom is 0.317 e. The highest BCUT2D eigenvalue weighted by Gasteiger charge is 2.06. The zero-order chi connectivity index (χ0) is 24.6. The number of aliphatic carboxylic acids is 1. The van der Waals surface area contributed by atoms with Gasteiger partial charge in [-0.05, 0) is 36.1 Å². The van der Waals surface area contributed by atoms with E-state index in [0.717, 1.165) is 40.9 Å². The summed E-state index contributed by atoms with van der Waals surface area (Å²) in [5.74, 6) is 0.0847. The number of hydrazone groups is 1. The fourth-order valence-corrected chi connectivity index (χ4v) is 3.31. The molecule has 0 saturated carbocycles. The van der Waals surface area contributed by atoms with E-state index in [0.29, 0.717) is 6.54 Å². The average Bonchev–Trinajstić information content (AvgIpc) is 2.86. The number of rotatable bonds is 14. The van der Waals surface area contributed by atoms with Gasteiger partial charge in [0.25, 0.3) is 0 Å². The Bertz CT molecular complexity index is 995. The smallest absolute Gasteiger partial charge is 0.317 e. The van der Waals surface area contributed by atoms with Crippen LogP contribution in [0.3, 0.4) is 0 Å². The van der Waals surface area contributed by atoms with Gasteiger partial charge in [0.15, 0.2) is 0 Å². The van der Waals surface area contributed by atoms with Crippen molar-refractivity contribution in [1.29, 1.82) is 0 Å². The topological polar surface area (TPSA) is 98.1 Å². The maximum absolute atomic E-state index is 10.8. The second-order valence-electron chi connectivity index (χ2n) is 7.72. The summed E-state index contributed by atoms with van der Waals surface area (Å²) in [5.41, 5.74) is 7.12. The maximum atomic E-state index is 10.8. The van der Waals surface area contributed by atoms with Gasteiger partial charge in [-0.15, -0.1) is 0 Å². The highest BCUT2D eigenvalue weighted by molar-refractivity contribution is 6.09. The van der Waals surface area contributed by atoms with Gasteiger partial charge in [-0.1, -0.05) is 67.9 Å². The molecule has 0 fully saturated rings. The Hall–Kier alpha value is -3.71. The highest BCUT2D eigenvalue weighted by atomic mass is 16.4. The van der Waals surface area contributed by atoms with Crippen molar-refractivity contribution in [2.24, 2.45) is 16.0 Å². The molecule has 0 heterocycles. The summed E-state index contributed by atoms with van der Waals surface area (Å²) >= 11 is 0. The minimum Gasteiger partial charge on any atom is -0.480 e. The molecule has 2 aromatic rings. The predicted molar refractivity (Wildman–Crippen MR) is 142 cm³/mol. The van der Waals surface area contributed by atoms with Gasteiger partial charge in [0.05, 0.1) is 12.8 Å². The number of aliphatic imine (C=N–C) groups is 1. The van der Waals surface area contributed by atoms with Crippen LogP contribution in [0.25, 0.3) is 16.7 Å². The van der Waals surface area contributed by atoms with Crippen molar-refractivity contribution in [3.8, 4) is 11.1 Å². The number of carboxylic acid groups (broad SMARTS) is 1. The van der Waals surface area contributed by atoms with E-state index in [2.05, 4.69) is 69.5 Å². The Labute approximate surface area is 202 Å². The molecule has 4 N–H and O–H groups in total. The molecule has 0 saturated heterocycles. The third kappa shape index (κ3) is 9.42. The van der Waals surface area contributed by atoms with Crippen molar-refractivity contribution in [2.45, 2.75) is 26.7 Å². The molecule has 7 nitrogen and oxygen atoms in total. The van der Waals surface area contributed by atoms with Crippen molar-refractivity contribution >= 4 is 24.0 Å². The number of nitrogens with zero attached hydrogens (tertiary/aromatic N) is 2. The standard InChI is InChI=1S/C27H35N5O2/c1-4-9-21(17-30-20-27(33)34)16-29-18-25(19-31-32-26(5-2)28-3)24-14-12-23(13-15-24)22-10-7-6-8-11-22/h5-8,10-16,18-19,21,28,30,32H,4,9,17,20H2,1-3H3,(H,33,34)/b25-18-,26-5-,29-16?,31-19-. The first-order chi connectivity index (χ1) is 16.6. The molecule has 0 aromatic heterocycles. The van der Waals surface area contributed by atoms with E-state index in [1.807, 2.05) is 44.5 Å². The molecule has 7 heteroatoms. The van der Waals surface area contributed by atoms with Crippen molar-refractivity contribution in [2.75, 3.05) is 20.1 Å². The van der Waals surface area contributed by atoms with Crippen molar-refractivity contribution < 1.29 is 9.90 Å². The van der Waals surface area contributed by atoms with Gasteiger partial charge in [-0.3, -0.25) is 15.2 Å². The molecule has 0 aliphatic carbocycles. The zero-order valence-corrected chi connectivity index (χ0v) is 20.2. The Kier molecular flexibility index (Phi) is 11.9. The lowest BCUT2D eigenvalue weighted by atomic mass is 10.0. The summed E-state index contributed by atoms with van der Waals surface area (Å²) in [6, 6.07) is 18.5. The Morgan fingerprint density at radius 1 is 1.09 bits per heavy atom. The monoisotopic (exact) mass is 461 g/mol. The van der Waals surface area contributed by atoms with E-state index in [4.69, 9.17) is 5.11 Å². The number of carbonyl (C=O) groups is 1. The number of hydrogen-bond donors (Lipinski definition) is 4. The van der Waals surface area contributed by atoms with E-state index in [1.165, 1.54) is 0 Å². The fourth-order valence-electron chi connectivity index (χ4n) is 3.31. The second kappa shape index (κ2) is 15.2. The highest BCUT2D eigenvalue weighted by Crippen LogP contribution is 2.22. The molecule has 1 unspecified atom stereocenters. The molecule has 180 valence electrons. The molecule has 0 aliphatic rings. The molecular weight excluding hydrogens is 426 g/mol. The lowest BCUT2D eigenvalue weighted by Gasteiger charge is -2.10. The first-order valence-electron chi connectivity index (χ1n) is 11.5. The van der Waals surface area contributed by atoms with Gasteiger partial charge < -0.3 is 15.7 Å². The lowest BCUT2D eigenvalue weighted by molar-refractivity contribution is -0.135. The van der Waals surface area contributed by atoms with Crippen LogP contribution in [0.1, 0.15) is 32.3 Å². The summed E-state index contributed by atoms with van der Waals surface area (Å²) in [6.07, 6.45) is 9.22. The first kappa shape index (κ1) is 26.5. The van der Waals surface area contributed by atoms with Crippen LogP contribution in [0.5, 0.6) is 0 Å². The van der Waals surface area contributed by atoms with E-state index < -0.39 is 5.97 Å². The van der Waals surface area contributed by atoms with Crippen LogP contribution in [0.2, 0.25) is 0 Å². The summed E-state index contributed by atoms with van der Waals surface area (Å²) in [7, 11) is 1.83. The van der Waals surface area contributed by atoms with Crippen LogP contribution in [0.4, 0.5) is 0 Å². The quantitative estimate of drug-likeness (QED) is 0.245. The van der Waals surface area contributed by atoms with E-state index in [9.17, 15) is 4.79 Å². The summed E-state index contributed by atoms with van der Waals surface area (Å²) < 4.78 is 0. The minimum atomic E-state index is -0.862. The number of hydrogen-bond acceptors (Lipinski definition) is 6. The summed E-state index contributed by atoms with van der Waals surface area (Å²) in [4.78, 5) is 15.3. The molecule has 0 aliphatic heterocycles. The van der Waals surface area contributed by atoms with E-state index in [1.54, 1.807) is 12.4 Å². The minimum absolute atomic E-state index is 0.0556. The SMILES string of the molecule is C/C=C(/NC)N/N=C\C(=C\N=CC(CCC)CNCC(=O)O)c1ccc(-c2ccccc2)cc1. The number of carboxylic acids is 1. The predicted octanol–water partition coefficient (Wildman–Crippen LogP) is 4.51. The molecule has 0 spiro atoms. The van der Waals surface area contributed by atoms with Gasteiger partial charge in [0, 0.05) is 37.5 Å². The average molecular weight is 462 g/mol. The number of benzene rings is 2. The van der Waals surface area contributed by atoms with Crippen LogP contribution in [-0.4, -0.2) is 43.6 Å². The van der Waals surface area contributed by atoms with Gasteiger partial charge in [0.2, 0.25) is 0 Å².